The Hall–Kier alpha value is -1.84. The van der Waals surface area contributed by atoms with E-state index in [4.69, 9.17) is 10.5 Å². The zero-order valence-electron chi connectivity index (χ0n) is 11.8. The number of benzene rings is 2. The molecule has 3 heteroatoms. The van der Waals surface area contributed by atoms with Crippen LogP contribution in [0.3, 0.4) is 0 Å². The molecule has 2 N–H and O–H groups in total. The number of ether oxygens (including phenoxy) is 1. The molecule has 1 aliphatic heterocycles. The molecule has 3 rings (SSSR count). The standard InChI is InChI=1S/C17H20N2O/c1-19-11-15-14(16(19)10-18)8-5-9-17(15)20-12-13-6-3-2-4-7-13/h2-9,16H,10-12,18H2,1H3. The molecule has 0 saturated heterocycles. The van der Waals surface area contributed by atoms with Crippen molar-refractivity contribution >= 4 is 0 Å². The molecular formula is C17H20N2O. The van der Waals surface area contributed by atoms with Crippen LogP contribution in [-0.2, 0) is 13.2 Å². The Balaban J connectivity index is 1.81. The topological polar surface area (TPSA) is 38.5 Å². The summed E-state index contributed by atoms with van der Waals surface area (Å²) in [6, 6.07) is 16.8. The Kier molecular flexibility index (Phi) is 3.72. The number of fused-ring (bicyclic) bond motifs is 1. The van der Waals surface area contributed by atoms with Crippen LogP contribution in [0.25, 0.3) is 0 Å². The van der Waals surface area contributed by atoms with Crippen LogP contribution in [0.2, 0.25) is 0 Å². The van der Waals surface area contributed by atoms with Crippen LogP contribution in [0.1, 0.15) is 22.7 Å². The molecule has 0 bridgehead atoms. The number of hydrogen-bond acceptors (Lipinski definition) is 3. The first kappa shape index (κ1) is 13.2. The van der Waals surface area contributed by atoms with Crippen LogP contribution >= 0.6 is 0 Å². The molecule has 3 nitrogen and oxygen atoms in total. The van der Waals surface area contributed by atoms with Gasteiger partial charge in [0.15, 0.2) is 0 Å². The third-order valence-corrected chi connectivity index (χ3v) is 3.93. The van der Waals surface area contributed by atoms with Gasteiger partial charge in [-0.1, -0.05) is 42.5 Å². The highest BCUT2D eigenvalue weighted by atomic mass is 16.5. The van der Waals surface area contributed by atoms with E-state index >= 15 is 0 Å². The van der Waals surface area contributed by atoms with Gasteiger partial charge in [-0.15, -0.1) is 0 Å². The van der Waals surface area contributed by atoms with Gasteiger partial charge in [-0.2, -0.15) is 0 Å². The second-order valence-electron chi connectivity index (χ2n) is 5.26. The van der Waals surface area contributed by atoms with Crippen molar-refractivity contribution in [2.24, 2.45) is 5.73 Å². The number of hydrogen-bond donors (Lipinski definition) is 1. The highest BCUT2D eigenvalue weighted by Gasteiger charge is 2.28. The third-order valence-electron chi connectivity index (χ3n) is 3.93. The van der Waals surface area contributed by atoms with E-state index in [1.54, 1.807) is 0 Å². The minimum atomic E-state index is 0.310. The van der Waals surface area contributed by atoms with Crippen LogP contribution < -0.4 is 10.5 Å². The maximum absolute atomic E-state index is 6.01. The van der Waals surface area contributed by atoms with E-state index in [2.05, 4.69) is 42.3 Å². The van der Waals surface area contributed by atoms with Gasteiger partial charge < -0.3 is 10.5 Å². The van der Waals surface area contributed by atoms with Gasteiger partial charge in [0, 0.05) is 24.7 Å². The molecule has 1 heterocycles. The van der Waals surface area contributed by atoms with E-state index in [-0.39, 0.29) is 0 Å². The Morgan fingerprint density at radius 3 is 2.70 bits per heavy atom. The first-order chi connectivity index (χ1) is 9.79. The molecule has 0 aromatic heterocycles. The molecule has 0 saturated carbocycles. The summed E-state index contributed by atoms with van der Waals surface area (Å²) in [5.74, 6) is 0.981. The fourth-order valence-electron chi connectivity index (χ4n) is 2.84. The van der Waals surface area contributed by atoms with Crippen LogP contribution in [-0.4, -0.2) is 18.5 Å². The Morgan fingerprint density at radius 1 is 1.15 bits per heavy atom. The van der Waals surface area contributed by atoms with Crippen LogP contribution in [0.15, 0.2) is 48.5 Å². The van der Waals surface area contributed by atoms with Gasteiger partial charge in [-0.25, -0.2) is 0 Å². The summed E-state index contributed by atoms with van der Waals surface area (Å²) >= 11 is 0. The van der Waals surface area contributed by atoms with E-state index in [0.717, 1.165) is 12.3 Å². The minimum Gasteiger partial charge on any atom is -0.489 e. The molecule has 1 atom stereocenters. The Bertz CT molecular complexity index is 583. The van der Waals surface area contributed by atoms with Gasteiger partial charge >= 0.3 is 0 Å². The van der Waals surface area contributed by atoms with Crippen molar-refractivity contribution in [3.05, 3.63) is 65.2 Å². The Morgan fingerprint density at radius 2 is 1.95 bits per heavy atom. The van der Waals surface area contributed by atoms with Crippen molar-refractivity contribution in [1.29, 1.82) is 0 Å². The molecule has 2 aromatic carbocycles. The van der Waals surface area contributed by atoms with Crippen LogP contribution in [0, 0.1) is 0 Å². The second-order valence-corrected chi connectivity index (χ2v) is 5.26. The predicted molar refractivity (Wildman–Crippen MR) is 80.5 cm³/mol. The third kappa shape index (κ3) is 2.42. The largest absolute Gasteiger partial charge is 0.489 e. The van der Waals surface area contributed by atoms with E-state index < -0.39 is 0 Å². The normalized spacial score (nSPS) is 18.0. The minimum absolute atomic E-state index is 0.310. The van der Waals surface area contributed by atoms with Crippen molar-refractivity contribution in [3.63, 3.8) is 0 Å². The van der Waals surface area contributed by atoms with Gasteiger partial charge in [0.2, 0.25) is 0 Å². The maximum atomic E-state index is 6.01. The van der Waals surface area contributed by atoms with E-state index in [1.807, 2.05) is 18.2 Å². The average molecular weight is 268 g/mol. The summed E-state index contributed by atoms with van der Waals surface area (Å²) in [7, 11) is 2.11. The van der Waals surface area contributed by atoms with Gasteiger partial charge in [0.25, 0.3) is 0 Å². The summed E-state index contributed by atoms with van der Waals surface area (Å²) < 4.78 is 6.01. The fourth-order valence-corrected chi connectivity index (χ4v) is 2.84. The quantitative estimate of drug-likeness (QED) is 0.926. The molecule has 0 aliphatic carbocycles. The molecule has 2 aromatic rings. The number of nitrogens with zero attached hydrogens (tertiary/aromatic N) is 1. The average Bonchev–Trinajstić information content (AvgIpc) is 2.82. The summed E-state index contributed by atoms with van der Waals surface area (Å²) in [6.07, 6.45) is 0. The molecule has 0 amide bonds. The van der Waals surface area contributed by atoms with Crippen molar-refractivity contribution in [1.82, 2.24) is 4.90 Å². The summed E-state index contributed by atoms with van der Waals surface area (Å²) in [5, 5.41) is 0. The van der Waals surface area contributed by atoms with Gasteiger partial charge in [-0.3, -0.25) is 4.90 Å². The molecule has 20 heavy (non-hydrogen) atoms. The van der Waals surface area contributed by atoms with Gasteiger partial charge in [-0.05, 0) is 24.2 Å². The van der Waals surface area contributed by atoms with Crippen molar-refractivity contribution in [3.8, 4) is 5.75 Å². The molecule has 104 valence electrons. The highest BCUT2D eigenvalue weighted by molar-refractivity contribution is 5.45. The summed E-state index contributed by atoms with van der Waals surface area (Å²) in [4.78, 5) is 2.28. The first-order valence-electron chi connectivity index (χ1n) is 6.98. The Labute approximate surface area is 120 Å². The number of likely N-dealkylation sites (N-methyl/N-ethyl adjacent to an activating group) is 1. The zero-order chi connectivity index (χ0) is 13.9. The molecule has 0 fully saturated rings. The van der Waals surface area contributed by atoms with Gasteiger partial charge in [0.1, 0.15) is 12.4 Å². The summed E-state index contributed by atoms with van der Waals surface area (Å²) in [5.41, 5.74) is 9.64. The van der Waals surface area contributed by atoms with E-state index in [0.29, 0.717) is 19.2 Å². The van der Waals surface area contributed by atoms with Gasteiger partial charge in [0.05, 0.1) is 0 Å². The monoisotopic (exact) mass is 268 g/mol. The van der Waals surface area contributed by atoms with Crippen LogP contribution in [0.5, 0.6) is 5.75 Å². The smallest absolute Gasteiger partial charge is 0.124 e. The molecule has 0 spiro atoms. The number of nitrogens with two attached hydrogens (primary N) is 1. The van der Waals surface area contributed by atoms with Crippen molar-refractivity contribution in [2.75, 3.05) is 13.6 Å². The first-order valence-corrected chi connectivity index (χ1v) is 6.98. The highest BCUT2D eigenvalue weighted by Crippen LogP contribution is 2.37. The van der Waals surface area contributed by atoms with Crippen molar-refractivity contribution in [2.45, 2.75) is 19.2 Å². The molecule has 0 radical (unpaired) electrons. The van der Waals surface area contributed by atoms with Crippen LogP contribution in [0.4, 0.5) is 0 Å². The molecular weight excluding hydrogens is 248 g/mol. The lowest BCUT2D eigenvalue weighted by Crippen LogP contribution is -2.23. The van der Waals surface area contributed by atoms with E-state index in [1.165, 1.54) is 16.7 Å². The lowest BCUT2D eigenvalue weighted by Gasteiger charge is -2.17. The molecule has 1 unspecified atom stereocenters. The maximum Gasteiger partial charge on any atom is 0.124 e. The van der Waals surface area contributed by atoms with E-state index in [9.17, 15) is 0 Å². The fraction of sp³-hybridized carbons (Fsp3) is 0.294. The van der Waals surface area contributed by atoms with Crippen molar-refractivity contribution < 1.29 is 4.74 Å². The lowest BCUT2D eigenvalue weighted by molar-refractivity contribution is 0.268. The summed E-state index contributed by atoms with van der Waals surface area (Å²) in [6.45, 7) is 2.15. The SMILES string of the molecule is CN1Cc2c(OCc3ccccc3)cccc2C1CN. The predicted octanol–water partition coefficient (Wildman–Crippen LogP) is 2.71. The number of rotatable bonds is 4. The zero-order valence-corrected chi connectivity index (χ0v) is 11.8. The molecule has 1 aliphatic rings. The second kappa shape index (κ2) is 5.65. The lowest BCUT2D eigenvalue weighted by atomic mass is 10.0.